The highest BCUT2D eigenvalue weighted by molar-refractivity contribution is 6.04. The Labute approximate surface area is 252 Å². The predicted molar refractivity (Wildman–Crippen MR) is 160 cm³/mol. The molecule has 7 rings (SSSR count). The van der Waals surface area contributed by atoms with Crippen LogP contribution in [0.2, 0.25) is 0 Å². The first-order chi connectivity index (χ1) is 21.4. The first-order valence-electron chi connectivity index (χ1n) is 15.0. The maximum Gasteiger partial charge on any atom is 0.270 e. The highest BCUT2D eigenvalue weighted by Gasteiger charge is 2.30. The van der Waals surface area contributed by atoms with Gasteiger partial charge in [-0.15, -0.1) is 5.10 Å². The Bertz CT molecular complexity index is 1900. The summed E-state index contributed by atoms with van der Waals surface area (Å²) < 4.78 is 21.9. The first-order valence-corrected chi connectivity index (χ1v) is 15.0. The summed E-state index contributed by atoms with van der Waals surface area (Å²) in [6.45, 7) is 7.57. The highest BCUT2D eigenvalue weighted by Crippen LogP contribution is 2.37. The predicted octanol–water partition coefficient (Wildman–Crippen LogP) is 3.86. The second-order valence-electron chi connectivity index (χ2n) is 11.1. The average molecular weight is 597 g/mol. The number of fused-ring (bicyclic) bond motifs is 2. The third-order valence-corrected chi connectivity index (χ3v) is 8.58. The van der Waals surface area contributed by atoms with Crippen LogP contribution in [-0.2, 0) is 37.5 Å². The van der Waals surface area contributed by atoms with Crippen molar-refractivity contribution in [2.45, 2.75) is 59.4 Å². The van der Waals surface area contributed by atoms with E-state index >= 15 is 4.39 Å². The van der Waals surface area contributed by atoms with Gasteiger partial charge in [0.25, 0.3) is 5.91 Å². The van der Waals surface area contributed by atoms with Gasteiger partial charge in [0.2, 0.25) is 5.91 Å². The standard InChI is InChI=1S/C31H33FN10O2/c1-3-41-26(7-9-34-41)23-14-22(20-6-5-11-38(17-20)28(43)8-12-40-13-10-33-37-40)29(32)30-24(23)15-25(36-30)31(44)39-18-21-16-35-42(4-2)27(21)19-39/h6-7,9-10,13-16,36H,3-5,8,11-12,17-19H2,1-2H3. The lowest BCUT2D eigenvalue weighted by Gasteiger charge is -2.28. The normalized spacial score (nSPS) is 14.8. The van der Waals surface area contributed by atoms with Crippen LogP contribution in [-0.4, -0.2) is 74.2 Å². The van der Waals surface area contributed by atoms with Gasteiger partial charge in [0.1, 0.15) is 5.69 Å². The molecule has 2 aliphatic rings. The summed E-state index contributed by atoms with van der Waals surface area (Å²) in [6, 6.07) is 5.48. The van der Waals surface area contributed by atoms with Gasteiger partial charge in [0.05, 0.1) is 42.4 Å². The van der Waals surface area contributed by atoms with Gasteiger partial charge < -0.3 is 14.8 Å². The molecule has 0 atom stereocenters. The molecule has 44 heavy (non-hydrogen) atoms. The molecule has 6 heterocycles. The lowest BCUT2D eigenvalue weighted by molar-refractivity contribution is -0.131. The number of rotatable bonds is 8. The van der Waals surface area contributed by atoms with E-state index in [1.54, 1.807) is 39.1 Å². The molecule has 1 N–H and O–H groups in total. The molecule has 13 heteroatoms. The van der Waals surface area contributed by atoms with Crippen molar-refractivity contribution in [2.24, 2.45) is 0 Å². The van der Waals surface area contributed by atoms with Crippen molar-refractivity contribution in [3.63, 3.8) is 0 Å². The number of carbonyl (C=O) groups is 2. The van der Waals surface area contributed by atoms with Crippen LogP contribution < -0.4 is 0 Å². The van der Waals surface area contributed by atoms with Gasteiger partial charge in [0.15, 0.2) is 5.82 Å². The fourth-order valence-electron chi connectivity index (χ4n) is 6.30. The molecule has 12 nitrogen and oxygen atoms in total. The third-order valence-electron chi connectivity index (χ3n) is 8.58. The van der Waals surface area contributed by atoms with Crippen LogP contribution in [0.3, 0.4) is 0 Å². The number of hydrogen-bond donors (Lipinski definition) is 1. The fourth-order valence-corrected chi connectivity index (χ4v) is 6.30. The van der Waals surface area contributed by atoms with E-state index in [1.165, 1.54) is 0 Å². The number of benzene rings is 1. The number of nitrogens with one attached hydrogen (secondary N) is 1. The van der Waals surface area contributed by atoms with Crippen LogP contribution in [0.1, 0.15) is 54.0 Å². The molecule has 4 aromatic heterocycles. The van der Waals surface area contributed by atoms with Crippen LogP contribution in [0.5, 0.6) is 0 Å². The van der Waals surface area contributed by atoms with Gasteiger partial charge in [-0.1, -0.05) is 11.3 Å². The summed E-state index contributed by atoms with van der Waals surface area (Å²) in [5.74, 6) is -0.667. The van der Waals surface area contributed by atoms with Crippen molar-refractivity contribution >= 4 is 28.3 Å². The Hall–Kier alpha value is -5.07. The van der Waals surface area contributed by atoms with Crippen molar-refractivity contribution in [1.82, 2.24) is 49.3 Å². The number of halogens is 1. The number of amides is 2. The molecular formula is C31H33FN10O2. The third kappa shape index (κ3) is 4.77. The van der Waals surface area contributed by atoms with Crippen molar-refractivity contribution < 1.29 is 14.0 Å². The average Bonchev–Trinajstić information content (AvgIpc) is 3.87. The van der Waals surface area contributed by atoms with Crippen molar-refractivity contribution in [3.05, 3.63) is 77.4 Å². The Morgan fingerprint density at radius 3 is 2.66 bits per heavy atom. The zero-order valence-electron chi connectivity index (χ0n) is 24.7. The van der Waals surface area contributed by atoms with E-state index in [1.807, 2.05) is 47.6 Å². The molecule has 0 unspecified atom stereocenters. The maximum absolute atomic E-state index is 16.5. The van der Waals surface area contributed by atoms with E-state index in [4.69, 9.17) is 0 Å². The molecule has 0 spiro atoms. The van der Waals surface area contributed by atoms with E-state index in [0.717, 1.165) is 34.6 Å². The Balaban J connectivity index is 1.23. The van der Waals surface area contributed by atoms with Crippen molar-refractivity contribution in [1.29, 1.82) is 0 Å². The summed E-state index contributed by atoms with van der Waals surface area (Å²) >= 11 is 0. The topological polar surface area (TPSA) is 123 Å². The van der Waals surface area contributed by atoms with Gasteiger partial charge in [-0.3, -0.25) is 23.6 Å². The molecule has 5 aromatic rings. The zero-order valence-corrected chi connectivity index (χ0v) is 24.7. The SMILES string of the molecule is CCn1nccc1-c1cc(C2=CCCN(C(=O)CCn3ccnn3)C2)c(F)c2[nH]c(C(=O)N3Cc4cnn(CC)c4C3)cc12. The number of hydrogen-bond acceptors (Lipinski definition) is 6. The maximum atomic E-state index is 16.5. The van der Waals surface area contributed by atoms with E-state index in [2.05, 4.69) is 25.5 Å². The number of aromatic nitrogens is 8. The van der Waals surface area contributed by atoms with E-state index in [-0.39, 0.29) is 30.3 Å². The van der Waals surface area contributed by atoms with Gasteiger partial charge in [-0.25, -0.2) is 4.39 Å². The molecule has 2 aliphatic heterocycles. The summed E-state index contributed by atoms with van der Waals surface area (Å²) in [6.07, 6.45) is 9.73. The summed E-state index contributed by atoms with van der Waals surface area (Å²) in [5, 5.41) is 17.2. The lowest BCUT2D eigenvalue weighted by atomic mass is 9.95. The largest absolute Gasteiger partial charge is 0.348 e. The lowest BCUT2D eigenvalue weighted by Crippen LogP contribution is -2.36. The number of carbonyl (C=O) groups excluding carboxylic acids is 2. The number of aromatic amines is 1. The van der Waals surface area contributed by atoms with Crippen LogP contribution >= 0.6 is 0 Å². The summed E-state index contributed by atoms with van der Waals surface area (Å²) in [7, 11) is 0. The zero-order chi connectivity index (χ0) is 30.4. The summed E-state index contributed by atoms with van der Waals surface area (Å²) in [5.41, 5.74) is 5.38. The number of nitrogens with zero attached hydrogens (tertiary/aromatic N) is 9. The number of aryl methyl sites for hydroxylation is 3. The van der Waals surface area contributed by atoms with E-state index in [0.29, 0.717) is 55.8 Å². The van der Waals surface area contributed by atoms with Gasteiger partial charge >= 0.3 is 0 Å². The van der Waals surface area contributed by atoms with Gasteiger partial charge in [-0.2, -0.15) is 10.2 Å². The monoisotopic (exact) mass is 596 g/mol. The minimum atomic E-state index is -0.445. The van der Waals surface area contributed by atoms with Gasteiger partial charge in [-0.05, 0) is 44.0 Å². The molecule has 0 radical (unpaired) electrons. The first kappa shape index (κ1) is 27.7. The highest BCUT2D eigenvalue weighted by atomic mass is 19.1. The second-order valence-corrected chi connectivity index (χ2v) is 11.1. The molecular weight excluding hydrogens is 563 g/mol. The van der Waals surface area contributed by atoms with Crippen LogP contribution in [0.4, 0.5) is 4.39 Å². The quantitative estimate of drug-likeness (QED) is 0.290. The van der Waals surface area contributed by atoms with Gasteiger partial charge in [0, 0.05) is 73.6 Å². The molecule has 226 valence electrons. The molecule has 1 aromatic carbocycles. The van der Waals surface area contributed by atoms with Crippen molar-refractivity contribution in [3.8, 4) is 11.3 Å². The Kier molecular flexibility index (Phi) is 7.07. The van der Waals surface area contributed by atoms with Crippen LogP contribution in [0, 0.1) is 5.82 Å². The van der Waals surface area contributed by atoms with E-state index < -0.39 is 5.82 Å². The molecule has 0 saturated heterocycles. The Morgan fingerprint density at radius 2 is 1.86 bits per heavy atom. The minimum absolute atomic E-state index is 0.0255. The van der Waals surface area contributed by atoms with Crippen molar-refractivity contribution in [2.75, 3.05) is 13.1 Å². The van der Waals surface area contributed by atoms with Crippen LogP contribution in [0.15, 0.2) is 49.1 Å². The molecule has 0 bridgehead atoms. The molecule has 0 aliphatic carbocycles. The molecule has 2 amide bonds. The van der Waals surface area contributed by atoms with Crippen LogP contribution in [0.25, 0.3) is 27.7 Å². The van der Waals surface area contributed by atoms with E-state index in [9.17, 15) is 9.59 Å². The number of H-pyrrole nitrogens is 1. The second kappa shape index (κ2) is 11.2. The minimum Gasteiger partial charge on any atom is -0.348 e. The fraction of sp³-hybridized carbons (Fsp3) is 0.355. The Morgan fingerprint density at radius 1 is 1.00 bits per heavy atom. The smallest absolute Gasteiger partial charge is 0.270 e. The molecule has 0 saturated carbocycles. The molecule has 0 fully saturated rings. The summed E-state index contributed by atoms with van der Waals surface area (Å²) in [4.78, 5) is 33.5.